The van der Waals surface area contributed by atoms with Crippen molar-refractivity contribution in [3.8, 4) is 11.5 Å². The number of rotatable bonds is 6. The third-order valence-electron chi connectivity index (χ3n) is 3.46. The highest BCUT2D eigenvalue weighted by atomic mass is 35.5. The fourth-order valence-corrected chi connectivity index (χ4v) is 2.50. The average Bonchev–Trinajstić information content (AvgIpc) is 2.50. The van der Waals surface area contributed by atoms with Crippen molar-refractivity contribution < 1.29 is 14.3 Å². The monoisotopic (exact) mass is 297 g/mol. The number of hydrogen-bond donors (Lipinski definition) is 1. The molecular weight excluding hydrogens is 278 g/mol. The van der Waals surface area contributed by atoms with Crippen LogP contribution in [0.15, 0.2) is 18.2 Å². The highest BCUT2D eigenvalue weighted by Crippen LogP contribution is 2.33. The van der Waals surface area contributed by atoms with Crippen LogP contribution in [0.1, 0.15) is 30.1 Å². The van der Waals surface area contributed by atoms with Crippen molar-refractivity contribution in [2.75, 3.05) is 25.6 Å². The van der Waals surface area contributed by atoms with E-state index in [-0.39, 0.29) is 5.91 Å². The molecule has 0 radical (unpaired) electrons. The van der Waals surface area contributed by atoms with Crippen molar-refractivity contribution >= 4 is 17.5 Å². The summed E-state index contributed by atoms with van der Waals surface area (Å²) in [6, 6.07) is 5.37. The minimum atomic E-state index is -0.125. The van der Waals surface area contributed by atoms with E-state index in [9.17, 15) is 4.79 Å². The number of carbonyl (C=O) groups is 1. The van der Waals surface area contributed by atoms with E-state index in [0.29, 0.717) is 48.6 Å². The van der Waals surface area contributed by atoms with E-state index in [1.54, 1.807) is 12.1 Å². The Hall–Kier alpha value is -1.42. The minimum absolute atomic E-state index is 0.125. The number of ether oxygens (including phenoxy) is 2. The third kappa shape index (κ3) is 3.57. The van der Waals surface area contributed by atoms with Crippen LogP contribution in [0.4, 0.5) is 0 Å². The van der Waals surface area contributed by atoms with Gasteiger partial charge in [0, 0.05) is 12.4 Å². The van der Waals surface area contributed by atoms with Crippen LogP contribution in [-0.4, -0.2) is 31.5 Å². The number of alkyl halides is 1. The summed E-state index contributed by atoms with van der Waals surface area (Å²) in [4.78, 5) is 12.3. The van der Waals surface area contributed by atoms with Gasteiger partial charge in [-0.2, -0.15) is 0 Å². The molecule has 0 saturated heterocycles. The molecule has 2 rings (SSSR count). The zero-order chi connectivity index (χ0) is 14.4. The van der Waals surface area contributed by atoms with E-state index < -0.39 is 0 Å². The van der Waals surface area contributed by atoms with Gasteiger partial charge in [0.05, 0.1) is 5.56 Å². The number of fused-ring (bicyclic) bond motifs is 1. The fourth-order valence-electron chi connectivity index (χ4n) is 2.19. The van der Waals surface area contributed by atoms with Crippen LogP contribution in [0.25, 0.3) is 0 Å². The van der Waals surface area contributed by atoms with Crippen molar-refractivity contribution in [1.29, 1.82) is 0 Å². The summed E-state index contributed by atoms with van der Waals surface area (Å²) in [5.41, 5.74) is 0.530. The molecule has 1 aliphatic rings. The van der Waals surface area contributed by atoms with E-state index in [2.05, 4.69) is 12.2 Å². The summed E-state index contributed by atoms with van der Waals surface area (Å²) in [7, 11) is 0. The number of para-hydroxylation sites is 1. The maximum atomic E-state index is 12.3. The Kier molecular flexibility index (Phi) is 5.53. The highest BCUT2D eigenvalue weighted by Gasteiger charge is 2.20. The lowest BCUT2D eigenvalue weighted by atomic mass is 10.0. The molecule has 20 heavy (non-hydrogen) atoms. The van der Waals surface area contributed by atoms with Crippen LogP contribution < -0.4 is 14.8 Å². The van der Waals surface area contributed by atoms with Gasteiger partial charge >= 0.3 is 0 Å². The molecule has 1 aromatic carbocycles. The first-order valence-corrected chi connectivity index (χ1v) is 7.52. The molecule has 1 unspecified atom stereocenters. The van der Waals surface area contributed by atoms with Gasteiger partial charge in [0.2, 0.25) is 0 Å². The van der Waals surface area contributed by atoms with E-state index in [0.717, 1.165) is 12.8 Å². The maximum Gasteiger partial charge on any atom is 0.255 e. The molecule has 1 aliphatic heterocycles. The molecule has 1 amide bonds. The topological polar surface area (TPSA) is 47.6 Å². The molecule has 0 aliphatic carbocycles. The van der Waals surface area contributed by atoms with Gasteiger partial charge in [-0.1, -0.05) is 19.4 Å². The number of carbonyl (C=O) groups excluding carboxylic acids is 1. The Morgan fingerprint density at radius 1 is 1.40 bits per heavy atom. The Morgan fingerprint density at radius 2 is 2.20 bits per heavy atom. The van der Waals surface area contributed by atoms with Crippen LogP contribution in [-0.2, 0) is 0 Å². The summed E-state index contributed by atoms with van der Waals surface area (Å²) in [5.74, 6) is 2.08. The number of hydrogen-bond acceptors (Lipinski definition) is 3. The van der Waals surface area contributed by atoms with Crippen molar-refractivity contribution in [3.63, 3.8) is 0 Å². The van der Waals surface area contributed by atoms with E-state index >= 15 is 0 Å². The fraction of sp³-hybridized carbons (Fsp3) is 0.533. The first kappa shape index (κ1) is 15.0. The van der Waals surface area contributed by atoms with Crippen molar-refractivity contribution in [1.82, 2.24) is 5.32 Å². The quantitative estimate of drug-likeness (QED) is 0.821. The molecule has 1 atom stereocenters. The number of benzene rings is 1. The summed E-state index contributed by atoms with van der Waals surface area (Å²) in [6.07, 6.45) is 1.91. The van der Waals surface area contributed by atoms with Crippen LogP contribution in [0, 0.1) is 5.92 Å². The molecule has 0 aromatic heterocycles. The Morgan fingerprint density at radius 3 is 2.95 bits per heavy atom. The largest absolute Gasteiger partial charge is 0.486 e. The molecule has 4 nitrogen and oxygen atoms in total. The van der Waals surface area contributed by atoms with Crippen LogP contribution in [0.3, 0.4) is 0 Å². The third-order valence-corrected chi connectivity index (χ3v) is 3.68. The van der Waals surface area contributed by atoms with E-state index in [1.807, 2.05) is 6.07 Å². The van der Waals surface area contributed by atoms with E-state index in [4.69, 9.17) is 21.1 Å². The van der Waals surface area contributed by atoms with Gasteiger partial charge in [-0.05, 0) is 24.5 Å². The predicted octanol–water partition coefficient (Wildman–Crippen LogP) is 2.84. The summed E-state index contributed by atoms with van der Waals surface area (Å²) >= 11 is 5.75. The second kappa shape index (κ2) is 7.39. The minimum Gasteiger partial charge on any atom is -0.486 e. The number of nitrogens with one attached hydrogen (secondary N) is 1. The van der Waals surface area contributed by atoms with Crippen LogP contribution in [0.5, 0.6) is 11.5 Å². The Balaban J connectivity index is 2.02. The second-order valence-electron chi connectivity index (χ2n) is 4.79. The zero-order valence-electron chi connectivity index (χ0n) is 11.7. The predicted molar refractivity (Wildman–Crippen MR) is 78.9 cm³/mol. The lowest BCUT2D eigenvalue weighted by molar-refractivity contribution is 0.0935. The normalized spacial score (nSPS) is 14.7. The molecule has 1 heterocycles. The second-order valence-corrected chi connectivity index (χ2v) is 5.17. The maximum absolute atomic E-state index is 12.3. The molecule has 0 spiro atoms. The highest BCUT2D eigenvalue weighted by molar-refractivity contribution is 6.17. The lowest BCUT2D eigenvalue weighted by Gasteiger charge is -2.21. The van der Waals surface area contributed by atoms with Gasteiger partial charge in [-0.25, -0.2) is 0 Å². The Bertz CT molecular complexity index is 464. The van der Waals surface area contributed by atoms with Crippen LogP contribution >= 0.6 is 11.6 Å². The van der Waals surface area contributed by atoms with Gasteiger partial charge in [-0.15, -0.1) is 11.6 Å². The summed E-state index contributed by atoms with van der Waals surface area (Å²) in [6.45, 7) is 3.73. The first-order chi connectivity index (χ1) is 9.76. The molecule has 110 valence electrons. The number of amides is 1. The molecule has 0 fully saturated rings. The van der Waals surface area contributed by atoms with Gasteiger partial charge in [0.1, 0.15) is 13.2 Å². The Labute approximate surface area is 124 Å². The molecule has 1 aromatic rings. The number of halogens is 1. The SMILES string of the molecule is CCC(CCCl)CNC(=O)c1cccc2c1OCCO2. The van der Waals surface area contributed by atoms with Gasteiger partial charge in [0.15, 0.2) is 11.5 Å². The van der Waals surface area contributed by atoms with Crippen molar-refractivity contribution in [3.05, 3.63) is 23.8 Å². The molecular formula is C15H20ClNO3. The van der Waals surface area contributed by atoms with Crippen molar-refractivity contribution in [2.45, 2.75) is 19.8 Å². The van der Waals surface area contributed by atoms with Crippen LogP contribution in [0.2, 0.25) is 0 Å². The van der Waals surface area contributed by atoms with Crippen molar-refractivity contribution in [2.24, 2.45) is 5.92 Å². The lowest BCUT2D eigenvalue weighted by Crippen LogP contribution is -2.30. The summed E-state index contributed by atoms with van der Waals surface area (Å²) in [5, 5.41) is 2.95. The zero-order valence-corrected chi connectivity index (χ0v) is 12.4. The smallest absolute Gasteiger partial charge is 0.255 e. The first-order valence-electron chi connectivity index (χ1n) is 6.99. The average molecular weight is 298 g/mol. The molecule has 5 heteroatoms. The van der Waals surface area contributed by atoms with Gasteiger partial charge in [-0.3, -0.25) is 4.79 Å². The molecule has 0 saturated carbocycles. The molecule has 1 N–H and O–H groups in total. The standard InChI is InChI=1S/C15H20ClNO3/c1-2-11(6-7-16)10-17-15(18)12-4-3-5-13-14(12)20-9-8-19-13/h3-5,11H,2,6-10H2,1H3,(H,17,18). The molecule has 0 bridgehead atoms. The summed E-state index contributed by atoms with van der Waals surface area (Å²) < 4.78 is 11.0. The van der Waals surface area contributed by atoms with E-state index in [1.165, 1.54) is 0 Å². The van der Waals surface area contributed by atoms with Gasteiger partial charge in [0.25, 0.3) is 5.91 Å². The van der Waals surface area contributed by atoms with Gasteiger partial charge < -0.3 is 14.8 Å².